The van der Waals surface area contributed by atoms with Crippen LogP contribution in [0.15, 0.2) is 6.20 Å². The molecule has 0 saturated carbocycles. The van der Waals surface area contributed by atoms with Crippen LogP contribution in [0, 0.1) is 12.8 Å². The van der Waals surface area contributed by atoms with Gasteiger partial charge in [0.05, 0.1) is 17.6 Å². The van der Waals surface area contributed by atoms with Crippen molar-refractivity contribution < 1.29 is 0 Å². The number of rotatable bonds is 3. The van der Waals surface area contributed by atoms with Gasteiger partial charge in [0.25, 0.3) is 0 Å². The topological polar surface area (TPSA) is 43.8 Å². The molecule has 1 heterocycles. The first-order chi connectivity index (χ1) is 5.61. The number of hydrogen-bond acceptors (Lipinski definition) is 2. The highest BCUT2D eigenvalue weighted by Crippen LogP contribution is 2.10. The summed E-state index contributed by atoms with van der Waals surface area (Å²) in [5, 5.41) is 4.18. The molecule has 1 rings (SSSR count). The zero-order valence-electron chi connectivity index (χ0n) is 8.04. The van der Waals surface area contributed by atoms with E-state index < -0.39 is 0 Å². The zero-order valence-corrected chi connectivity index (χ0v) is 8.04. The Hall–Kier alpha value is -0.990. The van der Waals surface area contributed by atoms with Crippen molar-refractivity contribution in [2.75, 3.05) is 5.73 Å². The second-order valence-electron chi connectivity index (χ2n) is 3.59. The van der Waals surface area contributed by atoms with Gasteiger partial charge in [0, 0.05) is 6.54 Å². The lowest BCUT2D eigenvalue weighted by molar-refractivity contribution is 0.481. The number of nitrogens with two attached hydrogens (primary N) is 1. The molecule has 0 unspecified atom stereocenters. The third-order valence-electron chi connectivity index (χ3n) is 2.06. The van der Waals surface area contributed by atoms with Gasteiger partial charge in [-0.25, -0.2) is 0 Å². The van der Waals surface area contributed by atoms with E-state index in [1.54, 1.807) is 6.20 Å². The van der Waals surface area contributed by atoms with Gasteiger partial charge in [-0.3, -0.25) is 4.68 Å². The SMILES string of the molecule is Cc1c(N)cnn1CCC(C)C. The summed E-state index contributed by atoms with van der Waals surface area (Å²) in [4.78, 5) is 0. The van der Waals surface area contributed by atoms with Crippen molar-refractivity contribution in [2.24, 2.45) is 5.92 Å². The van der Waals surface area contributed by atoms with Crippen LogP contribution in [0.4, 0.5) is 5.69 Å². The highest BCUT2D eigenvalue weighted by atomic mass is 15.3. The molecular weight excluding hydrogens is 150 g/mol. The van der Waals surface area contributed by atoms with E-state index in [1.165, 1.54) is 0 Å². The molecule has 2 N–H and O–H groups in total. The van der Waals surface area contributed by atoms with Crippen LogP contribution in [0.5, 0.6) is 0 Å². The Morgan fingerprint density at radius 3 is 2.67 bits per heavy atom. The molecule has 3 nitrogen and oxygen atoms in total. The Morgan fingerprint density at radius 1 is 1.58 bits per heavy atom. The molecule has 0 radical (unpaired) electrons. The van der Waals surface area contributed by atoms with Gasteiger partial charge < -0.3 is 5.73 Å². The van der Waals surface area contributed by atoms with Crippen LogP contribution in [0.3, 0.4) is 0 Å². The van der Waals surface area contributed by atoms with Crippen molar-refractivity contribution in [1.29, 1.82) is 0 Å². The molecule has 0 aliphatic carbocycles. The molecule has 0 atom stereocenters. The monoisotopic (exact) mass is 167 g/mol. The first-order valence-electron chi connectivity index (χ1n) is 4.39. The molecule has 1 aromatic rings. The maximum atomic E-state index is 5.66. The molecule has 0 saturated heterocycles. The summed E-state index contributed by atoms with van der Waals surface area (Å²) in [6.07, 6.45) is 2.87. The highest BCUT2D eigenvalue weighted by molar-refractivity contribution is 5.39. The first-order valence-corrected chi connectivity index (χ1v) is 4.39. The molecule has 3 heteroatoms. The van der Waals surface area contributed by atoms with Crippen molar-refractivity contribution in [1.82, 2.24) is 9.78 Å². The minimum absolute atomic E-state index is 0.717. The Morgan fingerprint density at radius 2 is 2.25 bits per heavy atom. The van der Waals surface area contributed by atoms with E-state index in [1.807, 2.05) is 11.6 Å². The summed E-state index contributed by atoms with van der Waals surface area (Å²) in [5.41, 5.74) is 7.53. The van der Waals surface area contributed by atoms with Crippen LogP contribution >= 0.6 is 0 Å². The molecule has 0 spiro atoms. The van der Waals surface area contributed by atoms with E-state index >= 15 is 0 Å². The van der Waals surface area contributed by atoms with Crippen molar-refractivity contribution >= 4 is 5.69 Å². The standard InChI is InChI=1S/C9H17N3/c1-7(2)4-5-12-8(3)9(10)6-11-12/h6-7H,4-5,10H2,1-3H3. The van der Waals surface area contributed by atoms with Gasteiger partial charge in [-0.05, 0) is 19.3 Å². The van der Waals surface area contributed by atoms with Crippen molar-refractivity contribution in [2.45, 2.75) is 33.7 Å². The fourth-order valence-corrected chi connectivity index (χ4v) is 1.07. The third kappa shape index (κ3) is 2.00. The van der Waals surface area contributed by atoms with Crippen molar-refractivity contribution in [3.8, 4) is 0 Å². The summed E-state index contributed by atoms with van der Waals surface area (Å²) in [6.45, 7) is 7.40. The summed E-state index contributed by atoms with van der Waals surface area (Å²) in [5.74, 6) is 0.717. The Balaban J connectivity index is 2.58. The average Bonchev–Trinajstić information content (AvgIpc) is 2.30. The van der Waals surface area contributed by atoms with Crippen molar-refractivity contribution in [3.63, 3.8) is 0 Å². The van der Waals surface area contributed by atoms with Crippen LogP contribution in [-0.2, 0) is 6.54 Å². The largest absolute Gasteiger partial charge is 0.396 e. The van der Waals surface area contributed by atoms with Crippen LogP contribution in [0.2, 0.25) is 0 Å². The van der Waals surface area contributed by atoms with Gasteiger partial charge in [-0.2, -0.15) is 5.10 Å². The minimum atomic E-state index is 0.717. The van der Waals surface area contributed by atoms with E-state index in [-0.39, 0.29) is 0 Å². The van der Waals surface area contributed by atoms with E-state index in [9.17, 15) is 0 Å². The fourth-order valence-electron chi connectivity index (χ4n) is 1.07. The number of aryl methyl sites for hydroxylation is 1. The van der Waals surface area contributed by atoms with Gasteiger partial charge in [0.2, 0.25) is 0 Å². The maximum Gasteiger partial charge on any atom is 0.0730 e. The zero-order chi connectivity index (χ0) is 9.14. The molecule has 1 aromatic heterocycles. The van der Waals surface area contributed by atoms with Crippen LogP contribution in [0.1, 0.15) is 26.0 Å². The molecule has 0 aliphatic heterocycles. The molecule has 0 aliphatic rings. The molecule has 0 amide bonds. The Labute approximate surface area is 73.6 Å². The minimum Gasteiger partial charge on any atom is -0.396 e. The van der Waals surface area contributed by atoms with Crippen LogP contribution < -0.4 is 5.73 Å². The second kappa shape index (κ2) is 3.61. The highest BCUT2D eigenvalue weighted by Gasteiger charge is 2.02. The quantitative estimate of drug-likeness (QED) is 0.746. The lowest BCUT2D eigenvalue weighted by Gasteiger charge is -2.06. The fraction of sp³-hybridized carbons (Fsp3) is 0.667. The first kappa shape index (κ1) is 9.10. The molecular formula is C9H17N3. The molecule has 68 valence electrons. The number of anilines is 1. The number of hydrogen-bond donors (Lipinski definition) is 1. The third-order valence-corrected chi connectivity index (χ3v) is 2.06. The van der Waals surface area contributed by atoms with Crippen LogP contribution in [0.25, 0.3) is 0 Å². The van der Waals surface area contributed by atoms with E-state index in [2.05, 4.69) is 18.9 Å². The Bertz CT molecular complexity index is 250. The van der Waals surface area contributed by atoms with E-state index in [4.69, 9.17) is 5.73 Å². The smallest absolute Gasteiger partial charge is 0.0730 e. The predicted molar refractivity (Wildman–Crippen MR) is 50.8 cm³/mol. The average molecular weight is 167 g/mol. The summed E-state index contributed by atoms with van der Waals surface area (Å²) in [7, 11) is 0. The normalized spacial score (nSPS) is 11.0. The van der Waals surface area contributed by atoms with Gasteiger partial charge >= 0.3 is 0 Å². The molecule has 0 bridgehead atoms. The lowest BCUT2D eigenvalue weighted by atomic mass is 10.1. The maximum absolute atomic E-state index is 5.66. The molecule has 12 heavy (non-hydrogen) atoms. The molecule has 0 fully saturated rings. The predicted octanol–water partition coefficient (Wildman–Crippen LogP) is 1.82. The summed E-state index contributed by atoms with van der Waals surface area (Å²) < 4.78 is 1.97. The van der Waals surface area contributed by atoms with Crippen molar-refractivity contribution in [3.05, 3.63) is 11.9 Å². The second-order valence-corrected chi connectivity index (χ2v) is 3.59. The van der Waals surface area contributed by atoms with E-state index in [0.29, 0.717) is 0 Å². The number of aromatic nitrogens is 2. The van der Waals surface area contributed by atoms with Gasteiger partial charge in [-0.1, -0.05) is 13.8 Å². The van der Waals surface area contributed by atoms with Crippen LogP contribution in [-0.4, -0.2) is 9.78 Å². The van der Waals surface area contributed by atoms with Gasteiger partial charge in [0.1, 0.15) is 0 Å². The molecule has 0 aromatic carbocycles. The number of nitrogens with zero attached hydrogens (tertiary/aromatic N) is 2. The summed E-state index contributed by atoms with van der Waals surface area (Å²) >= 11 is 0. The Kier molecular flexibility index (Phi) is 2.74. The number of nitrogen functional groups attached to an aromatic ring is 1. The van der Waals surface area contributed by atoms with E-state index in [0.717, 1.165) is 30.3 Å². The summed E-state index contributed by atoms with van der Waals surface area (Å²) in [6, 6.07) is 0. The lowest BCUT2D eigenvalue weighted by Crippen LogP contribution is -2.05. The van der Waals surface area contributed by atoms with Gasteiger partial charge in [-0.15, -0.1) is 0 Å². The van der Waals surface area contributed by atoms with Gasteiger partial charge in [0.15, 0.2) is 0 Å².